The third-order valence-corrected chi connectivity index (χ3v) is 7.96. The lowest BCUT2D eigenvalue weighted by Crippen LogP contribution is -2.42. The zero-order chi connectivity index (χ0) is 19.2. The molecule has 6 heteroatoms. The van der Waals surface area contributed by atoms with Crippen molar-refractivity contribution in [2.45, 2.75) is 94.6 Å². The molecule has 0 radical (unpaired) electrons. The molecule has 1 aliphatic heterocycles. The second-order valence-corrected chi connectivity index (χ2v) is 10.2. The molecule has 1 atom stereocenters. The van der Waals surface area contributed by atoms with E-state index >= 15 is 0 Å². The zero-order valence-electron chi connectivity index (χ0n) is 17.1. The molecule has 1 aromatic rings. The first kappa shape index (κ1) is 20.2. The summed E-state index contributed by atoms with van der Waals surface area (Å²) in [6.07, 6.45) is 16.0. The standard InChI is InChI=1S/C22H35N3O2S/c26-22(18-12-8-2-1-3-9-13-18)25-14-15-28-19(16-25)21-23-20(24-27-21)17-10-6-4-5-7-11-17/h17-19H,1-16H2. The second kappa shape index (κ2) is 10.1. The van der Waals surface area contributed by atoms with Gasteiger partial charge in [0.05, 0.1) is 0 Å². The lowest BCUT2D eigenvalue weighted by Gasteiger charge is -2.33. The van der Waals surface area contributed by atoms with E-state index in [9.17, 15) is 4.79 Å². The van der Waals surface area contributed by atoms with E-state index in [0.29, 0.717) is 11.8 Å². The average Bonchev–Trinajstić information content (AvgIpc) is 3.03. The van der Waals surface area contributed by atoms with Crippen LogP contribution in [0, 0.1) is 5.92 Å². The summed E-state index contributed by atoms with van der Waals surface area (Å²) in [6.45, 7) is 1.59. The number of thioether (sulfide) groups is 1. The summed E-state index contributed by atoms with van der Waals surface area (Å²) in [5.41, 5.74) is 0. The Balaban J connectivity index is 1.37. The number of rotatable bonds is 3. The quantitative estimate of drug-likeness (QED) is 0.623. The van der Waals surface area contributed by atoms with Crippen LogP contribution in [0.3, 0.4) is 0 Å². The highest BCUT2D eigenvalue weighted by Crippen LogP contribution is 2.36. The first-order valence-electron chi connectivity index (χ1n) is 11.5. The number of amides is 1. The van der Waals surface area contributed by atoms with Crippen molar-refractivity contribution in [3.05, 3.63) is 11.7 Å². The highest BCUT2D eigenvalue weighted by molar-refractivity contribution is 7.99. The van der Waals surface area contributed by atoms with Gasteiger partial charge in [0.15, 0.2) is 5.82 Å². The van der Waals surface area contributed by atoms with Crippen LogP contribution in [0.1, 0.15) is 106 Å². The minimum atomic E-state index is 0.137. The van der Waals surface area contributed by atoms with Gasteiger partial charge in [0.1, 0.15) is 5.25 Å². The number of nitrogens with zero attached hydrogens (tertiary/aromatic N) is 3. The highest BCUT2D eigenvalue weighted by atomic mass is 32.2. The maximum atomic E-state index is 13.1. The molecule has 5 nitrogen and oxygen atoms in total. The van der Waals surface area contributed by atoms with E-state index in [-0.39, 0.29) is 11.2 Å². The lowest BCUT2D eigenvalue weighted by atomic mass is 9.90. The third-order valence-electron chi connectivity index (χ3n) is 6.79. The number of carbonyl (C=O) groups is 1. The SMILES string of the molecule is O=C(C1CCCCCCC1)N1CCSC(c2nc(C3CCCCCC3)no2)C1. The van der Waals surface area contributed by atoms with Crippen molar-refractivity contribution in [1.29, 1.82) is 0 Å². The van der Waals surface area contributed by atoms with Crippen molar-refractivity contribution in [1.82, 2.24) is 15.0 Å². The summed E-state index contributed by atoms with van der Waals surface area (Å²) < 4.78 is 5.69. The van der Waals surface area contributed by atoms with Gasteiger partial charge in [-0.25, -0.2) is 0 Å². The van der Waals surface area contributed by atoms with Crippen molar-refractivity contribution in [2.24, 2.45) is 5.92 Å². The molecular formula is C22H35N3O2S. The van der Waals surface area contributed by atoms with Crippen LogP contribution in [0.5, 0.6) is 0 Å². The van der Waals surface area contributed by atoms with Crippen molar-refractivity contribution < 1.29 is 9.32 Å². The average molecular weight is 406 g/mol. The molecule has 28 heavy (non-hydrogen) atoms. The van der Waals surface area contributed by atoms with Gasteiger partial charge in [0.2, 0.25) is 11.8 Å². The van der Waals surface area contributed by atoms with Crippen LogP contribution >= 0.6 is 11.8 Å². The minimum Gasteiger partial charge on any atom is -0.340 e. The predicted octanol–water partition coefficient (Wildman–Crippen LogP) is 5.48. The van der Waals surface area contributed by atoms with E-state index in [0.717, 1.165) is 43.4 Å². The number of aromatic nitrogens is 2. The summed E-state index contributed by atoms with van der Waals surface area (Å²) in [4.78, 5) is 20.0. The summed E-state index contributed by atoms with van der Waals surface area (Å²) in [7, 11) is 0. The Labute approximate surface area is 173 Å². The molecule has 1 unspecified atom stereocenters. The van der Waals surface area contributed by atoms with E-state index in [1.165, 1.54) is 70.6 Å². The van der Waals surface area contributed by atoms with Gasteiger partial charge in [0.25, 0.3) is 0 Å². The molecule has 3 fully saturated rings. The number of hydrogen-bond donors (Lipinski definition) is 0. The Morgan fingerprint density at radius 1 is 0.929 bits per heavy atom. The van der Waals surface area contributed by atoms with Gasteiger partial charge in [-0.15, -0.1) is 11.8 Å². The van der Waals surface area contributed by atoms with E-state index < -0.39 is 0 Å². The molecule has 2 saturated carbocycles. The Morgan fingerprint density at radius 2 is 1.57 bits per heavy atom. The van der Waals surface area contributed by atoms with E-state index in [4.69, 9.17) is 9.51 Å². The largest absolute Gasteiger partial charge is 0.340 e. The monoisotopic (exact) mass is 405 g/mol. The second-order valence-electron chi connectivity index (χ2n) is 8.87. The lowest BCUT2D eigenvalue weighted by molar-refractivity contribution is -0.136. The molecule has 1 aromatic heterocycles. The van der Waals surface area contributed by atoms with Crippen LogP contribution < -0.4 is 0 Å². The first-order chi connectivity index (χ1) is 13.8. The van der Waals surface area contributed by atoms with Crippen LogP contribution in [0.15, 0.2) is 4.52 Å². The van der Waals surface area contributed by atoms with E-state index in [1.807, 2.05) is 11.8 Å². The van der Waals surface area contributed by atoms with Gasteiger partial charge < -0.3 is 9.42 Å². The van der Waals surface area contributed by atoms with Gasteiger partial charge in [-0.05, 0) is 25.7 Å². The Hall–Kier alpha value is -1.04. The molecular weight excluding hydrogens is 370 g/mol. The predicted molar refractivity (Wildman–Crippen MR) is 112 cm³/mol. The van der Waals surface area contributed by atoms with Crippen LogP contribution in [0.25, 0.3) is 0 Å². The van der Waals surface area contributed by atoms with Gasteiger partial charge in [0, 0.05) is 30.7 Å². The first-order valence-corrected chi connectivity index (χ1v) is 12.6. The Morgan fingerprint density at radius 3 is 2.29 bits per heavy atom. The summed E-state index contributed by atoms with van der Waals surface area (Å²) in [6, 6.07) is 0. The molecule has 0 spiro atoms. The van der Waals surface area contributed by atoms with Crippen molar-refractivity contribution in [3.63, 3.8) is 0 Å². The fraction of sp³-hybridized carbons (Fsp3) is 0.864. The van der Waals surface area contributed by atoms with Gasteiger partial charge in [-0.3, -0.25) is 4.79 Å². The van der Waals surface area contributed by atoms with E-state index in [1.54, 1.807) is 0 Å². The minimum absolute atomic E-state index is 0.137. The molecule has 2 heterocycles. The molecule has 3 aliphatic rings. The molecule has 156 valence electrons. The van der Waals surface area contributed by atoms with Crippen LogP contribution in [0.4, 0.5) is 0 Å². The molecule has 1 saturated heterocycles. The van der Waals surface area contributed by atoms with E-state index in [2.05, 4.69) is 10.1 Å². The third kappa shape index (κ3) is 5.11. The molecule has 1 amide bonds. The van der Waals surface area contributed by atoms with Gasteiger partial charge in [-0.1, -0.05) is 62.9 Å². The molecule has 0 aromatic carbocycles. The number of hydrogen-bond acceptors (Lipinski definition) is 5. The smallest absolute Gasteiger partial charge is 0.241 e. The van der Waals surface area contributed by atoms with Crippen molar-refractivity contribution >= 4 is 17.7 Å². The normalized spacial score (nSPS) is 26.4. The molecule has 0 N–H and O–H groups in total. The Bertz CT molecular complexity index is 619. The molecule has 0 bridgehead atoms. The maximum absolute atomic E-state index is 13.1. The van der Waals surface area contributed by atoms with Crippen LogP contribution in [-0.2, 0) is 4.79 Å². The summed E-state index contributed by atoms with van der Waals surface area (Å²) in [5.74, 6) is 3.66. The fourth-order valence-electron chi connectivity index (χ4n) is 5.04. The Kier molecular flexibility index (Phi) is 7.32. The van der Waals surface area contributed by atoms with Gasteiger partial charge >= 0.3 is 0 Å². The molecule has 4 rings (SSSR count). The molecule has 2 aliphatic carbocycles. The number of carbonyl (C=O) groups excluding carboxylic acids is 1. The topological polar surface area (TPSA) is 59.2 Å². The van der Waals surface area contributed by atoms with Crippen molar-refractivity contribution in [2.75, 3.05) is 18.8 Å². The summed E-state index contributed by atoms with van der Waals surface area (Å²) >= 11 is 1.87. The van der Waals surface area contributed by atoms with Crippen molar-refractivity contribution in [3.8, 4) is 0 Å². The van der Waals surface area contributed by atoms with Gasteiger partial charge in [-0.2, -0.15) is 4.98 Å². The maximum Gasteiger partial charge on any atom is 0.241 e. The zero-order valence-corrected chi connectivity index (χ0v) is 17.9. The summed E-state index contributed by atoms with van der Waals surface area (Å²) in [5, 5.41) is 4.47. The van der Waals surface area contributed by atoms with Crippen LogP contribution in [0.2, 0.25) is 0 Å². The van der Waals surface area contributed by atoms with Crippen LogP contribution in [-0.4, -0.2) is 39.8 Å². The highest BCUT2D eigenvalue weighted by Gasteiger charge is 2.33. The fourth-order valence-corrected chi connectivity index (χ4v) is 6.18.